The van der Waals surface area contributed by atoms with Gasteiger partial charge in [-0.3, -0.25) is 4.79 Å². The number of hydrogen-bond donors (Lipinski definition) is 1. The molecular formula is C9H13NO2. The smallest absolute Gasteiger partial charge is 0.133 e. The first-order valence-electron chi connectivity index (χ1n) is 4.49. The summed E-state index contributed by atoms with van der Waals surface area (Å²) < 4.78 is 0. The Labute approximate surface area is 71.5 Å². The molecule has 66 valence electrons. The molecule has 0 aromatic heterocycles. The highest BCUT2D eigenvalue weighted by molar-refractivity contribution is 5.89. The molecule has 0 spiro atoms. The summed E-state index contributed by atoms with van der Waals surface area (Å²) in [4.78, 5) is 11.2. The number of nitrogens with zero attached hydrogens (tertiary/aromatic N) is 1. The van der Waals surface area contributed by atoms with Crippen LogP contribution in [0.15, 0.2) is 5.16 Å². The van der Waals surface area contributed by atoms with E-state index in [1.165, 1.54) is 0 Å². The molecule has 2 rings (SSSR count). The van der Waals surface area contributed by atoms with Gasteiger partial charge in [0, 0.05) is 12.8 Å². The van der Waals surface area contributed by atoms with Crippen molar-refractivity contribution in [3.05, 3.63) is 0 Å². The predicted octanol–water partition coefficient (Wildman–Crippen LogP) is 1.60. The van der Waals surface area contributed by atoms with Gasteiger partial charge in [-0.1, -0.05) is 5.16 Å². The van der Waals surface area contributed by atoms with Crippen LogP contribution in [0.1, 0.15) is 32.1 Å². The fourth-order valence-corrected chi connectivity index (χ4v) is 2.51. The molecule has 0 saturated heterocycles. The van der Waals surface area contributed by atoms with Crippen LogP contribution in [0, 0.1) is 11.8 Å². The molecule has 2 aliphatic rings. The zero-order valence-electron chi connectivity index (χ0n) is 6.99. The van der Waals surface area contributed by atoms with Gasteiger partial charge in [0.2, 0.25) is 0 Å². The van der Waals surface area contributed by atoms with E-state index in [4.69, 9.17) is 5.21 Å². The minimum Gasteiger partial charge on any atom is -0.411 e. The number of rotatable bonds is 0. The lowest BCUT2D eigenvalue weighted by molar-refractivity contribution is -0.123. The molecule has 0 radical (unpaired) electrons. The van der Waals surface area contributed by atoms with E-state index >= 15 is 0 Å². The zero-order chi connectivity index (χ0) is 8.55. The topological polar surface area (TPSA) is 49.7 Å². The third kappa shape index (κ3) is 1.36. The predicted molar refractivity (Wildman–Crippen MR) is 44.3 cm³/mol. The van der Waals surface area contributed by atoms with Crippen molar-refractivity contribution >= 4 is 11.5 Å². The number of Topliss-reactive ketones (excluding diaryl/α,β-unsaturated/α-hetero) is 1. The maximum absolute atomic E-state index is 11.2. The molecule has 0 heterocycles. The van der Waals surface area contributed by atoms with Crippen molar-refractivity contribution in [1.29, 1.82) is 0 Å². The monoisotopic (exact) mass is 167 g/mol. The van der Waals surface area contributed by atoms with Gasteiger partial charge in [-0.25, -0.2) is 0 Å². The lowest BCUT2D eigenvalue weighted by Crippen LogP contribution is -2.31. The van der Waals surface area contributed by atoms with E-state index in [0.29, 0.717) is 30.5 Å². The highest BCUT2D eigenvalue weighted by atomic mass is 16.4. The van der Waals surface area contributed by atoms with E-state index in [-0.39, 0.29) is 0 Å². The Balaban J connectivity index is 2.10. The number of ketones is 1. The molecular weight excluding hydrogens is 154 g/mol. The van der Waals surface area contributed by atoms with Crippen LogP contribution >= 0.6 is 0 Å². The van der Waals surface area contributed by atoms with Gasteiger partial charge >= 0.3 is 0 Å². The van der Waals surface area contributed by atoms with Gasteiger partial charge in [-0.2, -0.15) is 0 Å². The molecule has 3 nitrogen and oxygen atoms in total. The average molecular weight is 167 g/mol. The fourth-order valence-electron chi connectivity index (χ4n) is 2.51. The third-order valence-electron chi connectivity index (χ3n) is 2.89. The van der Waals surface area contributed by atoms with Crippen LogP contribution in [0.25, 0.3) is 0 Å². The molecule has 12 heavy (non-hydrogen) atoms. The van der Waals surface area contributed by atoms with Crippen LogP contribution < -0.4 is 0 Å². The van der Waals surface area contributed by atoms with E-state index in [1.54, 1.807) is 0 Å². The van der Waals surface area contributed by atoms with E-state index in [9.17, 15) is 4.79 Å². The van der Waals surface area contributed by atoms with Crippen molar-refractivity contribution in [2.45, 2.75) is 32.1 Å². The second-order valence-electron chi connectivity index (χ2n) is 3.99. The van der Waals surface area contributed by atoms with Crippen LogP contribution in [0.4, 0.5) is 0 Å². The zero-order valence-corrected chi connectivity index (χ0v) is 6.99. The number of carbonyl (C=O) groups is 1. The van der Waals surface area contributed by atoms with Crippen molar-refractivity contribution < 1.29 is 10.0 Å². The van der Waals surface area contributed by atoms with Gasteiger partial charge in [0.15, 0.2) is 0 Å². The van der Waals surface area contributed by atoms with E-state index in [1.807, 2.05) is 0 Å². The van der Waals surface area contributed by atoms with Crippen LogP contribution in [-0.4, -0.2) is 16.7 Å². The molecule has 2 fully saturated rings. The Hall–Kier alpha value is -0.860. The first-order valence-corrected chi connectivity index (χ1v) is 4.49. The maximum Gasteiger partial charge on any atom is 0.133 e. The highest BCUT2D eigenvalue weighted by Gasteiger charge is 2.33. The minimum absolute atomic E-state index is 0.397. The van der Waals surface area contributed by atoms with E-state index in [0.717, 1.165) is 25.0 Å². The number of hydrogen-bond acceptors (Lipinski definition) is 3. The summed E-state index contributed by atoms with van der Waals surface area (Å²) in [6, 6.07) is 0. The summed E-state index contributed by atoms with van der Waals surface area (Å²) in [5, 5.41) is 11.9. The largest absolute Gasteiger partial charge is 0.411 e. The normalized spacial score (nSPS) is 38.7. The SMILES string of the molecule is O=C1C[C@@H]2CC(=NO)C[C@H](C1)C2. The van der Waals surface area contributed by atoms with Gasteiger partial charge in [-0.15, -0.1) is 0 Å². The molecule has 2 saturated carbocycles. The Morgan fingerprint density at radius 2 is 1.75 bits per heavy atom. The minimum atomic E-state index is 0.397. The van der Waals surface area contributed by atoms with E-state index < -0.39 is 0 Å². The first-order chi connectivity index (χ1) is 5.78. The third-order valence-corrected chi connectivity index (χ3v) is 2.89. The van der Waals surface area contributed by atoms with Crippen LogP contribution in [0.3, 0.4) is 0 Å². The molecule has 1 N–H and O–H groups in total. The van der Waals surface area contributed by atoms with Crippen molar-refractivity contribution in [3.63, 3.8) is 0 Å². The van der Waals surface area contributed by atoms with Crippen molar-refractivity contribution in [2.75, 3.05) is 0 Å². The summed E-state index contributed by atoms with van der Waals surface area (Å²) in [5.41, 5.74) is 0.892. The summed E-state index contributed by atoms with van der Waals surface area (Å²) in [7, 11) is 0. The Morgan fingerprint density at radius 3 is 2.25 bits per heavy atom. The van der Waals surface area contributed by atoms with Gasteiger partial charge < -0.3 is 5.21 Å². The summed E-state index contributed by atoms with van der Waals surface area (Å²) in [6.07, 6.45) is 4.23. The summed E-state index contributed by atoms with van der Waals surface area (Å²) in [6.45, 7) is 0. The van der Waals surface area contributed by atoms with Gasteiger partial charge in [-0.05, 0) is 31.1 Å². The summed E-state index contributed by atoms with van der Waals surface area (Å²) >= 11 is 0. The molecule has 2 bridgehead atoms. The Kier molecular flexibility index (Phi) is 1.87. The standard InChI is InChI=1S/C9H13NO2/c11-9-4-6-1-7(5-9)3-8(2-6)10-12/h6-7,12H,1-5H2/t6-,7+. The second kappa shape index (κ2) is 2.88. The highest BCUT2D eigenvalue weighted by Crippen LogP contribution is 2.36. The maximum atomic E-state index is 11.2. The number of fused-ring (bicyclic) bond motifs is 2. The molecule has 0 unspecified atom stereocenters. The molecule has 0 aromatic rings. The molecule has 3 heteroatoms. The molecule has 0 amide bonds. The van der Waals surface area contributed by atoms with Crippen molar-refractivity contribution in [1.82, 2.24) is 0 Å². The first kappa shape index (κ1) is 7.77. The number of carbonyl (C=O) groups excluding carboxylic acids is 1. The van der Waals surface area contributed by atoms with Gasteiger partial charge in [0.1, 0.15) is 5.78 Å². The fraction of sp³-hybridized carbons (Fsp3) is 0.778. The molecule has 2 atom stereocenters. The lowest BCUT2D eigenvalue weighted by atomic mass is 9.71. The Morgan fingerprint density at radius 1 is 1.17 bits per heavy atom. The Bertz CT molecular complexity index is 217. The average Bonchev–Trinajstić information content (AvgIpc) is 2.02. The van der Waals surface area contributed by atoms with Gasteiger partial charge in [0.05, 0.1) is 5.71 Å². The second-order valence-corrected chi connectivity index (χ2v) is 3.99. The lowest BCUT2D eigenvalue weighted by Gasteiger charge is -2.33. The van der Waals surface area contributed by atoms with Crippen LogP contribution in [-0.2, 0) is 4.79 Å². The molecule has 0 aromatic carbocycles. The molecule has 2 aliphatic carbocycles. The quantitative estimate of drug-likeness (QED) is 0.440. The van der Waals surface area contributed by atoms with Crippen molar-refractivity contribution in [2.24, 2.45) is 17.0 Å². The molecule has 0 aliphatic heterocycles. The number of oxime groups is 1. The summed E-state index contributed by atoms with van der Waals surface area (Å²) in [5.74, 6) is 1.33. The van der Waals surface area contributed by atoms with E-state index in [2.05, 4.69) is 5.16 Å². The van der Waals surface area contributed by atoms with Crippen molar-refractivity contribution in [3.8, 4) is 0 Å². The van der Waals surface area contributed by atoms with Crippen LogP contribution in [0.2, 0.25) is 0 Å². The van der Waals surface area contributed by atoms with Crippen LogP contribution in [0.5, 0.6) is 0 Å². The van der Waals surface area contributed by atoms with Gasteiger partial charge in [0.25, 0.3) is 0 Å².